The highest BCUT2D eigenvalue weighted by molar-refractivity contribution is 7.86. The fourth-order valence-corrected chi connectivity index (χ4v) is 4.97. The van der Waals surface area contributed by atoms with E-state index in [0.29, 0.717) is 0 Å². The van der Waals surface area contributed by atoms with E-state index in [1.54, 1.807) is 0 Å². The molecule has 0 saturated carbocycles. The summed E-state index contributed by atoms with van der Waals surface area (Å²) in [5.74, 6) is 0. The lowest BCUT2D eigenvalue weighted by Crippen LogP contribution is -2.59. The second-order valence-corrected chi connectivity index (χ2v) is 12.2. The highest BCUT2D eigenvalue weighted by atomic mass is 32.2. The number of hydrogen-bond acceptors (Lipinski definition) is 10. The molecular formula is C23H30N2O10S2. The van der Waals surface area contributed by atoms with Crippen molar-refractivity contribution in [1.82, 2.24) is 9.55 Å². The maximum absolute atomic E-state index is 12.7. The molecule has 2 atom stereocenters. The van der Waals surface area contributed by atoms with Gasteiger partial charge in [0.05, 0.1) is 19.1 Å². The summed E-state index contributed by atoms with van der Waals surface area (Å²) in [6, 6.07) is 9.07. The van der Waals surface area contributed by atoms with Crippen molar-refractivity contribution in [2.75, 3.05) is 25.7 Å². The van der Waals surface area contributed by atoms with E-state index < -0.39 is 62.1 Å². The first-order chi connectivity index (χ1) is 17.2. The number of benzene rings is 1. The van der Waals surface area contributed by atoms with E-state index in [4.69, 9.17) is 17.8 Å². The van der Waals surface area contributed by atoms with Gasteiger partial charge in [-0.2, -0.15) is 16.8 Å². The van der Waals surface area contributed by atoms with Crippen LogP contribution in [0.1, 0.15) is 30.2 Å². The summed E-state index contributed by atoms with van der Waals surface area (Å²) in [6.07, 6.45) is 3.36. The van der Waals surface area contributed by atoms with Gasteiger partial charge in [0, 0.05) is 18.2 Å². The maximum Gasteiger partial charge on any atom is 0.330 e. The Hall–Kier alpha value is -2.62. The highest BCUT2D eigenvalue weighted by Gasteiger charge is 2.62. The van der Waals surface area contributed by atoms with Gasteiger partial charge in [0.25, 0.3) is 25.8 Å². The molecule has 204 valence electrons. The van der Waals surface area contributed by atoms with Crippen molar-refractivity contribution in [2.24, 2.45) is 0 Å². The predicted molar refractivity (Wildman–Crippen MR) is 134 cm³/mol. The number of nitrogens with one attached hydrogen (secondary N) is 1. The van der Waals surface area contributed by atoms with Crippen LogP contribution in [-0.4, -0.2) is 63.3 Å². The van der Waals surface area contributed by atoms with Crippen molar-refractivity contribution in [1.29, 1.82) is 0 Å². The Morgan fingerprint density at radius 2 is 1.70 bits per heavy atom. The molecule has 1 N–H and O–H groups in total. The van der Waals surface area contributed by atoms with Crippen molar-refractivity contribution >= 4 is 20.2 Å². The van der Waals surface area contributed by atoms with Crippen LogP contribution in [0.2, 0.25) is 0 Å². The SMILES string of the molecule is C=CC[C@@]1(OCc2ccccc2)C[C@H](n2cc(C)c(=O)[nH]c2=O)OC1(COS(C)(=O)=O)COS(C)(=O)=O. The van der Waals surface area contributed by atoms with Gasteiger partial charge in [-0.3, -0.25) is 22.7 Å². The van der Waals surface area contributed by atoms with Gasteiger partial charge in [0.15, 0.2) is 0 Å². The zero-order chi connectivity index (χ0) is 27.5. The van der Waals surface area contributed by atoms with Crippen molar-refractivity contribution in [3.8, 4) is 0 Å². The minimum absolute atomic E-state index is 0.0316. The predicted octanol–water partition coefficient (Wildman–Crippen LogP) is 0.987. The maximum atomic E-state index is 12.7. The van der Waals surface area contributed by atoms with Crippen LogP contribution in [0.15, 0.2) is 58.8 Å². The van der Waals surface area contributed by atoms with Gasteiger partial charge in [-0.15, -0.1) is 6.58 Å². The van der Waals surface area contributed by atoms with Crippen LogP contribution >= 0.6 is 0 Å². The first kappa shape index (κ1) is 28.9. The third kappa shape index (κ3) is 7.03. The van der Waals surface area contributed by atoms with Crippen LogP contribution in [0, 0.1) is 6.92 Å². The molecule has 1 fully saturated rings. The third-order valence-corrected chi connectivity index (χ3v) is 7.09. The monoisotopic (exact) mass is 558 g/mol. The molecule has 1 aliphatic rings. The Bertz CT molecular complexity index is 1410. The van der Waals surface area contributed by atoms with E-state index in [0.717, 1.165) is 22.6 Å². The van der Waals surface area contributed by atoms with E-state index in [1.165, 1.54) is 19.2 Å². The standard InChI is InChI=1S/C23H30N2O10S2/c1-5-11-22(32-14-18-9-7-6-8-10-18)12-19(25-13-17(2)20(26)24-21(25)27)35-23(22,15-33-36(3,28)29)16-34-37(4,30)31/h5-10,13,19H,1,11-12,14-16H2,2-4H3,(H,24,26,27)/t19-,22-/m1/s1. The van der Waals surface area contributed by atoms with Crippen LogP contribution < -0.4 is 11.2 Å². The quantitative estimate of drug-likeness (QED) is 0.294. The van der Waals surface area contributed by atoms with Crippen molar-refractivity contribution < 1.29 is 34.7 Å². The minimum atomic E-state index is -4.02. The topological polar surface area (TPSA) is 160 Å². The fraction of sp³-hybridized carbons (Fsp3) is 0.478. The average Bonchev–Trinajstić information content (AvgIpc) is 3.12. The molecule has 3 rings (SSSR count). The van der Waals surface area contributed by atoms with Gasteiger partial charge in [0.1, 0.15) is 30.6 Å². The van der Waals surface area contributed by atoms with E-state index in [2.05, 4.69) is 11.6 Å². The number of ether oxygens (including phenoxy) is 2. The van der Waals surface area contributed by atoms with Gasteiger partial charge < -0.3 is 9.47 Å². The van der Waals surface area contributed by atoms with Gasteiger partial charge in [-0.25, -0.2) is 4.79 Å². The Labute approximate surface area is 215 Å². The molecule has 0 aliphatic carbocycles. The van der Waals surface area contributed by atoms with E-state index in [1.807, 2.05) is 30.3 Å². The normalized spacial score (nSPS) is 21.6. The first-order valence-electron chi connectivity index (χ1n) is 11.2. The largest absolute Gasteiger partial charge is 0.367 e. The van der Waals surface area contributed by atoms with Crippen LogP contribution in [-0.2, 0) is 44.7 Å². The van der Waals surface area contributed by atoms with E-state index >= 15 is 0 Å². The number of nitrogens with zero attached hydrogens (tertiary/aromatic N) is 1. The number of aromatic nitrogens is 2. The molecule has 0 amide bonds. The third-order valence-electron chi connectivity index (χ3n) is 6.00. The average molecular weight is 559 g/mol. The molecule has 0 radical (unpaired) electrons. The zero-order valence-corrected chi connectivity index (χ0v) is 22.3. The first-order valence-corrected chi connectivity index (χ1v) is 14.8. The van der Waals surface area contributed by atoms with Crippen LogP contribution in [0.3, 0.4) is 0 Å². The number of H-pyrrole nitrogens is 1. The molecule has 14 heteroatoms. The summed E-state index contributed by atoms with van der Waals surface area (Å²) >= 11 is 0. The molecule has 1 aromatic heterocycles. The number of aryl methyl sites for hydroxylation is 1. The Morgan fingerprint density at radius 1 is 1.11 bits per heavy atom. The summed E-state index contributed by atoms with van der Waals surface area (Å²) in [5, 5.41) is 0. The molecule has 1 aromatic carbocycles. The van der Waals surface area contributed by atoms with Gasteiger partial charge in [-0.05, 0) is 18.9 Å². The molecular weight excluding hydrogens is 528 g/mol. The second kappa shape index (κ2) is 11.0. The minimum Gasteiger partial charge on any atom is -0.367 e. The highest BCUT2D eigenvalue weighted by Crippen LogP contribution is 2.50. The molecule has 0 spiro atoms. The fourth-order valence-electron chi connectivity index (χ4n) is 4.16. The summed E-state index contributed by atoms with van der Waals surface area (Å²) in [7, 11) is -8.04. The van der Waals surface area contributed by atoms with Crippen LogP contribution in [0.5, 0.6) is 0 Å². The Balaban J connectivity index is 2.17. The van der Waals surface area contributed by atoms with E-state index in [9.17, 15) is 26.4 Å². The second-order valence-electron chi connectivity index (χ2n) is 8.94. The number of hydrogen-bond donors (Lipinski definition) is 1. The molecule has 12 nitrogen and oxygen atoms in total. The smallest absolute Gasteiger partial charge is 0.330 e. The Kier molecular flexibility index (Phi) is 8.61. The van der Waals surface area contributed by atoms with Gasteiger partial charge in [0.2, 0.25) is 0 Å². The number of aromatic amines is 1. The van der Waals surface area contributed by atoms with Crippen molar-refractivity contribution in [3.63, 3.8) is 0 Å². The molecule has 37 heavy (non-hydrogen) atoms. The molecule has 2 aromatic rings. The lowest BCUT2D eigenvalue weighted by Gasteiger charge is -2.42. The molecule has 0 unspecified atom stereocenters. The molecule has 2 heterocycles. The molecule has 1 saturated heterocycles. The summed E-state index contributed by atoms with van der Waals surface area (Å²) in [4.78, 5) is 26.8. The zero-order valence-electron chi connectivity index (χ0n) is 20.7. The van der Waals surface area contributed by atoms with Gasteiger partial charge >= 0.3 is 5.69 Å². The van der Waals surface area contributed by atoms with Crippen LogP contribution in [0.4, 0.5) is 0 Å². The van der Waals surface area contributed by atoms with Crippen molar-refractivity contribution in [3.05, 3.63) is 81.1 Å². The van der Waals surface area contributed by atoms with Crippen LogP contribution in [0.25, 0.3) is 0 Å². The number of rotatable bonds is 12. The summed E-state index contributed by atoms with van der Waals surface area (Å²) in [5.41, 5.74) is -3.66. The summed E-state index contributed by atoms with van der Waals surface area (Å²) < 4.78 is 71.9. The van der Waals surface area contributed by atoms with Crippen molar-refractivity contribution in [2.45, 2.75) is 43.8 Å². The van der Waals surface area contributed by atoms with E-state index in [-0.39, 0.29) is 25.0 Å². The Morgan fingerprint density at radius 3 is 2.24 bits per heavy atom. The van der Waals surface area contributed by atoms with Gasteiger partial charge in [-0.1, -0.05) is 36.4 Å². The summed E-state index contributed by atoms with van der Waals surface area (Å²) in [6.45, 7) is 3.94. The molecule has 1 aliphatic heterocycles. The lowest BCUT2D eigenvalue weighted by molar-refractivity contribution is -0.197. The molecule has 0 bridgehead atoms. The lowest BCUT2D eigenvalue weighted by atomic mass is 9.80.